The minimum absolute atomic E-state index is 0.0999. The fourth-order valence-electron chi connectivity index (χ4n) is 2.47. The van der Waals surface area contributed by atoms with Gasteiger partial charge in [0.25, 0.3) is 0 Å². The number of rotatable bonds is 6. The van der Waals surface area contributed by atoms with Gasteiger partial charge in [-0.2, -0.15) is 4.98 Å². The van der Waals surface area contributed by atoms with Crippen LogP contribution in [0.25, 0.3) is 11.4 Å². The van der Waals surface area contributed by atoms with Crippen LogP contribution in [0.1, 0.15) is 11.5 Å². The molecule has 6 nitrogen and oxygen atoms in total. The minimum atomic E-state index is -0.493. The van der Waals surface area contributed by atoms with Gasteiger partial charge in [-0.15, -0.1) is 0 Å². The normalized spacial score (nSPS) is 11.5. The summed E-state index contributed by atoms with van der Waals surface area (Å²) < 4.78 is 32.1. The molecule has 0 aliphatic heterocycles. The van der Waals surface area contributed by atoms with Crippen molar-refractivity contribution in [3.63, 3.8) is 0 Å². The van der Waals surface area contributed by atoms with Crippen LogP contribution in [0.3, 0.4) is 0 Å². The van der Waals surface area contributed by atoms with Crippen LogP contribution in [0.2, 0.25) is 5.02 Å². The molecule has 0 spiro atoms. The quantitative estimate of drug-likeness (QED) is 0.484. The summed E-state index contributed by atoms with van der Waals surface area (Å²) in [5, 5.41) is 10.5. The minimum Gasteiger partial charge on any atom is -0.356 e. The third-order valence-electron chi connectivity index (χ3n) is 3.86. The first kappa shape index (κ1) is 19.8. The summed E-state index contributed by atoms with van der Waals surface area (Å²) >= 11 is 5.97. The molecule has 2 N–H and O–H groups in total. The maximum Gasteiger partial charge on any atom is 0.228 e. The number of nitrogens with zero attached hydrogens (tertiary/aromatic N) is 3. The Kier molecular flexibility index (Phi) is 6.54. The Bertz CT molecular complexity index is 976. The molecule has 1 heterocycles. The molecule has 0 saturated carbocycles. The van der Waals surface area contributed by atoms with E-state index in [1.165, 1.54) is 0 Å². The number of nitrogens with one attached hydrogen (secondary N) is 2. The molecule has 0 saturated heterocycles. The van der Waals surface area contributed by atoms with Crippen LogP contribution in [-0.2, 0) is 13.0 Å². The zero-order chi connectivity index (χ0) is 19.9. The summed E-state index contributed by atoms with van der Waals surface area (Å²) in [5.74, 6) is 0.380. The Morgan fingerprint density at radius 3 is 2.82 bits per heavy atom. The van der Waals surface area contributed by atoms with Crippen molar-refractivity contribution in [1.82, 2.24) is 20.8 Å². The van der Waals surface area contributed by atoms with Gasteiger partial charge in [0.2, 0.25) is 11.7 Å². The van der Waals surface area contributed by atoms with Crippen molar-refractivity contribution in [2.45, 2.75) is 13.0 Å². The Balaban J connectivity index is 1.50. The lowest BCUT2D eigenvalue weighted by molar-refractivity contribution is 0.378. The van der Waals surface area contributed by atoms with Gasteiger partial charge in [0.15, 0.2) is 5.96 Å². The fourth-order valence-corrected chi connectivity index (χ4v) is 2.66. The van der Waals surface area contributed by atoms with Crippen LogP contribution in [-0.4, -0.2) is 29.7 Å². The fraction of sp³-hybridized carbons (Fsp3) is 0.211. The smallest absolute Gasteiger partial charge is 0.228 e. The summed E-state index contributed by atoms with van der Waals surface area (Å²) in [7, 11) is 1.58. The number of hydrogen-bond acceptors (Lipinski definition) is 4. The van der Waals surface area contributed by atoms with Crippen molar-refractivity contribution in [2.24, 2.45) is 4.99 Å². The van der Waals surface area contributed by atoms with Gasteiger partial charge in [0.05, 0.1) is 0 Å². The largest absolute Gasteiger partial charge is 0.356 e. The lowest BCUT2D eigenvalue weighted by atomic mass is 10.2. The first-order valence-corrected chi connectivity index (χ1v) is 8.90. The van der Waals surface area contributed by atoms with Gasteiger partial charge in [-0.1, -0.05) is 28.9 Å². The second-order valence-corrected chi connectivity index (χ2v) is 6.30. The highest BCUT2D eigenvalue weighted by molar-refractivity contribution is 6.30. The second-order valence-electron chi connectivity index (χ2n) is 5.86. The first-order chi connectivity index (χ1) is 13.5. The topological polar surface area (TPSA) is 75.3 Å². The lowest BCUT2D eigenvalue weighted by Gasteiger charge is -2.11. The standard InChI is InChI=1S/C19H18ClF2N5O/c1-23-19(25-11-13-10-15(21)5-6-16(13)22)24-8-7-17-26-18(27-28-17)12-3-2-4-14(20)9-12/h2-6,9-10H,7-8,11H2,1H3,(H2,23,24,25). The Morgan fingerprint density at radius 2 is 2.04 bits per heavy atom. The predicted molar refractivity (Wildman–Crippen MR) is 103 cm³/mol. The number of aliphatic imine (C=N–C) groups is 1. The van der Waals surface area contributed by atoms with Crippen LogP contribution in [0.4, 0.5) is 8.78 Å². The molecule has 9 heteroatoms. The third-order valence-corrected chi connectivity index (χ3v) is 4.09. The molecule has 1 aromatic heterocycles. The number of halogens is 3. The second kappa shape index (κ2) is 9.27. The molecular formula is C19H18ClF2N5O. The molecule has 146 valence electrons. The van der Waals surface area contributed by atoms with Gasteiger partial charge in [-0.05, 0) is 30.3 Å². The zero-order valence-corrected chi connectivity index (χ0v) is 15.8. The highest BCUT2D eigenvalue weighted by Gasteiger charge is 2.10. The summed E-state index contributed by atoms with van der Waals surface area (Å²) in [6.07, 6.45) is 0.461. The predicted octanol–water partition coefficient (Wildman–Crippen LogP) is 3.58. The van der Waals surface area contributed by atoms with E-state index in [0.717, 1.165) is 23.8 Å². The lowest BCUT2D eigenvalue weighted by Crippen LogP contribution is -2.38. The van der Waals surface area contributed by atoms with Crippen LogP contribution >= 0.6 is 11.6 Å². The van der Waals surface area contributed by atoms with Crippen molar-refractivity contribution in [2.75, 3.05) is 13.6 Å². The van der Waals surface area contributed by atoms with Crippen molar-refractivity contribution in [3.8, 4) is 11.4 Å². The van der Waals surface area contributed by atoms with Crippen molar-refractivity contribution >= 4 is 17.6 Å². The molecule has 0 bridgehead atoms. The van der Waals surface area contributed by atoms with Crippen LogP contribution in [0.5, 0.6) is 0 Å². The van der Waals surface area contributed by atoms with Crippen molar-refractivity contribution in [1.29, 1.82) is 0 Å². The monoisotopic (exact) mass is 405 g/mol. The van der Waals surface area contributed by atoms with Gasteiger partial charge in [0, 0.05) is 42.7 Å². The van der Waals surface area contributed by atoms with Crippen LogP contribution in [0, 0.1) is 11.6 Å². The molecule has 0 amide bonds. The molecule has 0 radical (unpaired) electrons. The molecule has 28 heavy (non-hydrogen) atoms. The molecule has 3 rings (SSSR count). The van der Waals surface area contributed by atoms with Crippen LogP contribution < -0.4 is 10.6 Å². The van der Waals surface area contributed by atoms with E-state index in [1.807, 2.05) is 12.1 Å². The maximum atomic E-state index is 13.7. The average Bonchev–Trinajstić information content (AvgIpc) is 3.16. The van der Waals surface area contributed by atoms with Crippen LogP contribution in [0.15, 0.2) is 52.0 Å². The van der Waals surface area contributed by atoms with E-state index in [1.54, 1.807) is 19.2 Å². The van der Waals surface area contributed by atoms with E-state index in [4.69, 9.17) is 16.1 Å². The van der Waals surface area contributed by atoms with E-state index in [9.17, 15) is 8.78 Å². The maximum absolute atomic E-state index is 13.7. The number of benzene rings is 2. The number of aromatic nitrogens is 2. The zero-order valence-electron chi connectivity index (χ0n) is 15.0. The third kappa shape index (κ3) is 5.26. The molecular weight excluding hydrogens is 388 g/mol. The van der Waals surface area contributed by atoms with E-state index in [2.05, 4.69) is 25.8 Å². The summed E-state index contributed by atoms with van der Waals surface area (Å²) in [6.45, 7) is 0.561. The molecule has 0 fully saturated rings. The van der Waals surface area contributed by atoms with Gasteiger partial charge in [0.1, 0.15) is 11.6 Å². The molecule has 0 aliphatic carbocycles. The van der Waals surface area contributed by atoms with Gasteiger partial charge in [-0.25, -0.2) is 8.78 Å². The SMILES string of the molecule is CN=C(NCCc1nc(-c2cccc(Cl)c2)no1)NCc1cc(F)ccc1F. The summed E-state index contributed by atoms with van der Waals surface area (Å²) in [6, 6.07) is 10.5. The first-order valence-electron chi connectivity index (χ1n) is 8.52. The molecule has 0 unspecified atom stereocenters. The van der Waals surface area contributed by atoms with Crippen molar-refractivity contribution < 1.29 is 13.3 Å². The number of guanidine groups is 1. The van der Waals surface area contributed by atoms with Gasteiger partial charge in [-0.3, -0.25) is 4.99 Å². The average molecular weight is 406 g/mol. The molecule has 0 aliphatic rings. The van der Waals surface area contributed by atoms with Gasteiger partial charge >= 0.3 is 0 Å². The summed E-state index contributed by atoms with van der Waals surface area (Å²) in [4.78, 5) is 8.38. The highest BCUT2D eigenvalue weighted by atomic mass is 35.5. The van der Waals surface area contributed by atoms with E-state index in [-0.39, 0.29) is 12.1 Å². The van der Waals surface area contributed by atoms with Crippen molar-refractivity contribution in [3.05, 3.63) is 70.6 Å². The molecule has 3 aromatic rings. The molecule has 2 aromatic carbocycles. The summed E-state index contributed by atoms with van der Waals surface area (Å²) in [5.41, 5.74) is 0.982. The number of hydrogen-bond donors (Lipinski definition) is 2. The Morgan fingerprint density at radius 1 is 1.18 bits per heavy atom. The van der Waals surface area contributed by atoms with E-state index >= 15 is 0 Å². The molecule has 0 atom stereocenters. The Labute approximate surface area is 165 Å². The van der Waals surface area contributed by atoms with E-state index < -0.39 is 11.6 Å². The highest BCUT2D eigenvalue weighted by Crippen LogP contribution is 2.19. The van der Waals surface area contributed by atoms with E-state index in [0.29, 0.717) is 35.7 Å². The Hall–Kier alpha value is -3.00. The van der Waals surface area contributed by atoms with Gasteiger partial charge < -0.3 is 15.2 Å².